The second-order valence-corrected chi connectivity index (χ2v) is 20.2. The van der Waals surface area contributed by atoms with Crippen molar-refractivity contribution in [1.82, 2.24) is 0 Å². The van der Waals surface area contributed by atoms with Crippen molar-refractivity contribution in [3.8, 4) is 0 Å². The van der Waals surface area contributed by atoms with Crippen LogP contribution in [0.2, 0.25) is 0 Å². The van der Waals surface area contributed by atoms with Crippen LogP contribution in [0.5, 0.6) is 0 Å². The fourth-order valence-corrected chi connectivity index (χ4v) is 7.30. The zero-order chi connectivity index (χ0) is 55.5. The number of hydrogen-bond acceptors (Lipinski definition) is 7. The summed E-state index contributed by atoms with van der Waals surface area (Å²) in [6.45, 7) is 4.67. The molecule has 0 spiro atoms. The van der Waals surface area contributed by atoms with Crippen molar-refractivity contribution in [2.24, 2.45) is 0 Å². The molecule has 9 heteroatoms. The zero-order valence-corrected chi connectivity index (χ0v) is 48.6. The molecule has 0 saturated heterocycles. The molecule has 0 amide bonds. The number of carboxylic acids is 1. The average Bonchev–Trinajstić information content (AvgIpc) is 3.39. The summed E-state index contributed by atoms with van der Waals surface area (Å²) in [5, 5.41) is 9.69. The van der Waals surface area contributed by atoms with Crippen LogP contribution in [0, 0.1) is 0 Å². The van der Waals surface area contributed by atoms with Gasteiger partial charge in [-0.1, -0.05) is 211 Å². The molecule has 0 heterocycles. The molecule has 0 fully saturated rings. The number of aliphatic carboxylic acids is 1. The molecule has 0 aliphatic rings. The molecule has 428 valence electrons. The molecule has 1 N–H and O–H groups in total. The Kier molecular flexibility index (Phi) is 52.8. The Morgan fingerprint density at radius 3 is 1.12 bits per heavy atom. The van der Waals surface area contributed by atoms with Crippen molar-refractivity contribution in [1.29, 1.82) is 0 Å². The minimum Gasteiger partial charge on any atom is -0.477 e. The van der Waals surface area contributed by atoms with Crippen LogP contribution in [0.25, 0.3) is 0 Å². The highest BCUT2D eigenvalue weighted by atomic mass is 16.7. The molecular weight excluding hydrogens is 947 g/mol. The lowest BCUT2D eigenvalue weighted by Crippen LogP contribution is -2.40. The standard InChI is InChI=1S/C67H107NO8/c1-6-8-10-12-14-16-18-20-22-24-25-26-27-28-29-30-31-32-33-34-35-36-37-38-39-40-41-42-44-46-48-50-52-54-56-58-65(70)76-63(62-75-67(66(71)72)73-60-59-68(3,4)5)61-74-64(69)57-55-53-51-49-47-45-43-23-21-19-17-15-13-11-9-7-2/h8,10,14,16-17,19-20,22-23,25-26,28-29,31-32,34-35,37-38,40-41,43-44,46,63,67H,6-7,9,11-13,15,18,21,24,27,30,33,36,39,42,45,47-62H2,1-5H3/p+1/b10-8-,16-14-,19-17-,22-20-,26-25-,29-28-,32-31-,35-34-,38-37-,41-40-,43-23-,46-44-. The van der Waals surface area contributed by atoms with E-state index < -0.39 is 24.3 Å². The molecule has 0 radical (unpaired) electrons. The van der Waals surface area contributed by atoms with Gasteiger partial charge in [0.05, 0.1) is 34.4 Å². The number of carbonyl (C=O) groups excluding carboxylic acids is 2. The molecule has 0 rings (SSSR count). The highest BCUT2D eigenvalue weighted by Gasteiger charge is 2.25. The predicted molar refractivity (Wildman–Crippen MR) is 322 cm³/mol. The Morgan fingerprint density at radius 2 is 0.750 bits per heavy atom. The van der Waals surface area contributed by atoms with Crippen molar-refractivity contribution in [3.63, 3.8) is 0 Å². The van der Waals surface area contributed by atoms with E-state index in [-0.39, 0.29) is 38.6 Å². The Bertz CT molecular complexity index is 1750. The lowest BCUT2D eigenvalue weighted by Gasteiger charge is -2.25. The maximum atomic E-state index is 12.9. The summed E-state index contributed by atoms with van der Waals surface area (Å²) in [6, 6.07) is 0. The first-order valence-corrected chi connectivity index (χ1v) is 29.5. The molecule has 0 bridgehead atoms. The maximum Gasteiger partial charge on any atom is 0.361 e. The number of quaternary nitrogens is 1. The third-order valence-corrected chi connectivity index (χ3v) is 11.8. The molecule has 76 heavy (non-hydrogen) atoms. The van der Waals surface area contributed by atoms with Crippen LogP contribution in [0.1, 0.15) is 200 Å². The molecule has 9 nitrogen and oxygen atoms in total. The lowest BCUT2D eigenvalue weighted by molar-refractivity contribution is -0.870. The Hall–Kier alpha value is -4.83. The number of hydrogen-bond donors (Lipinski definition) is 1. The summed E-state index contributed by atoms with van der Waals surface area (Å²) >= 11 is 0. The molecular formula is C67H108NO8+. The number of unbranched alkanes of at least 4 members (excludes halogenated alkanes) is 13. The van der Waals surface area contributed by atoms with E-state index >= 15 is 0 Å². The zero-order valence-electron chi connectivity index (χ0n) is 48.6. The maximum absolute atomic E-state index is 12.9. The van der Waals surface area contributed by atoms with Gasteiger partial charge in [0.2, 0.25) is 0 Å². The molecule has 0 aromatic carbocycles. The van der Waals surface area contributed by atoms with Gasteiger partial charge < -0.3 is 28.5 Å². The van der Waals surface area contributed by atoms with Crippen molar-refractivity contribution >= 4 is 17.9 Å². The minimum absolute atomic E-state index is 0.172. The van der Waals surface area contributed by atoms with E-state index in [0.29, 0.717) is 17.4 Å². The monoisotopic (exact) mass is 1050 g/mol. The van der Waals surface area contributed by atoms with Crippen molar-refractivity contribution in [2.45, 2.75) is 212 Å². The van der Waals surface area contributed by atoms with Gasteiger partial charge in [-0.25, -0.2) is 4.79 Å². The first-order valence-electron chi connectivity index (χ1n) is 29.5. The highest BCUT2D eigenvalue weighted by molar-refractivity contribution is 5.71. The molecule has 2 unspecified atom stereocenters. The van der Waals surface area contributed by atoms with Crippen LogP contribution in [-0.4, -0.2) is 87.4 Å². The van der Waals surface area contributed by atoms with E-state index in [1.165, 1.54) is 32.1 Å². The third kappa shape index (κ3) is 56.9. The summed E-state index contributed by atoms with van der Waals surface area (Å²) < 4.78 is 22.8. The van der Waals surface area contributed by atoms with Crippen molar-refractivity contribution in [2.75, 3.05) is 47.5 Å². The Labute approximate surface area is 464 Å². The van der Waals surface area contributed by atoms with E-state index in [4.69, 9.17) is 18.9 Å². The number of carboxylic acid groups (broad SMARTS) is 1. The molecule has 0 aliphatic heterocycles. The minimum atomic E-state index is -1.53. The molecule has 0 saturated carbocycles. The van der Waals surface area contributed by atoms with Gasteiger partial charge in [0.25, 0.3) is 6.29 Å². The summed E-state index contributed by atoms with van der Waals surface area (Å²) in [5.74, 6) is -2.08. The van der Waals surface area contributed by atoms with E-state index in [0.717, 1.165) is 135 Å². The normalized spacial score (nSPS) is 13.9. The second kappa shape index (κ2) is 56.4. The number of likely N-dealkylation sites (N-methyl/N-ethyl adjacent to an activating group) is 1. The number of rotatable bonds is 52. The number of allylic oxidation sites excluding steroid dienone is 24. The van der Waals surface area contributed by atoms with Crippen LogP contribution in [0.15, 0.2) is 146 Å². The van der Waals surface area contributed by atoms with Gasteiger partial charge in [-0.3, -0.25) is 9.59 Å². The predicted octanol–water partition coefficient (Wildman–Crippen LogP) is 17.6. The number of nitrogens with zero attached hydrogens (tertiary/aromatic N) is 1. The summed E-state index contributed by atoms with van der Waals surface area (Å²) in [6.07, 6.45) is 79.3. The van der Waals surface area contributed by atoms with Crippen LogP contribution < -0.4 is 0 Å². The van der Waals surface area contributed by atoms with Gasteiger partial charge in [-0.15, -0.1) is 0 Å². The Balaban J connectivity index is 4.33. The molecule has 0 aliphatic carbocycles. The fraction of sp³-hybridized carbons (Fsp3) is 0.597. The SMILES string of the molecule is CC/C=C\C/C=C\C/C=C\C/C=C\C/C=C\C/C=C\C/C=C\C/C=C\C/C=C\C/C=C\CCCCCCC(=O)OC(COC(=O)CCCCCCC/C=C\C/C=C\CCCCCC)COC(OCC[N+](C)(C)C)C(=O)O. The fourth-order valence-electron chi connectivity index (χ4n) is 7.30. The summed E-state index contributed by atoms with van der Waals surface area (Å²) in [4.78, 5) is 37.4. The van der Waals surface area contributed by atoms with Crippen molar-refractivity contribution in [3.05, 3.63) is 146 Å². The summed E-state index contributed by atoms with van der Waals surface area (Å²) in [5.41, 5.74) is 0. The first kappa shape index (κ1) is 71.2. The molecule has 0 aromatic heterocycles. The van der Waals surface area contributed by atoms with E-state index in [1.54, 1.807) is 0 Å². The number of esters is 2. The van der Waals surface area contributed by atoms with Crippen LogP contribution in [-0.2, 0) is 33.3 Å². The van der Waals surface area contributed by atoms with Gasteiger partial charge in [0, 0.05) is 12.8 Å². The molecule has 0 aromatic rings. The second-order valence-electron chi connectivity index (χ2n) is 20.2. The van der Waals surface area contributed by atoms with E-state index in [2.05, 4.69) is 160 Å². The van der Waals surface area contributed by atoms with Gasteiger partial charge in [-0.05, 0) is 122 Å². The van der Waals surface area contributed by atoms with Gasteiger partial charge in [-0.2, -0.15) is 0 Å². The average molecular weight is 1060 g/mol. The van der Waals surface area contributed by atoms with Crippen molar-refractivity contribution < 1.29 is 42.9 Å². The van der Waals surface area contributed by atoms with Crippen LogP contribution in [0.3, 0.4) is 0 Å². The number of carbonyl (C=O) groups is 3. The van der Waals surface area contributed by atoms with Gasteiger partial charge in [0.1, 0.15) is 13.2 Å². The first-order chi connectivity index (χ1) is 37.1. The number of ether oxygens (including phenoxy) is 4. The van der Waals surface area contributed by atoms with Gasteiger partial charge >= 0.3 is 17.9 Å². The molecule has 2 atom stereocenters. The van der Waals surface area contributed by atoms with E-state index in [9.17, 15) is 19.5 Å². The van der Waals surface area contributed by atoms with Crippen LogP contribution in [0.4, 0.5) is 0 Å². The Morgan fingerprint density at radius 1 is 0.408 bits per heavy atom. The van der Waals surface area contributed by atoms with Crippen LogP contribution >= 0.6 is 0 Å². The largest absolute Gasteiger partial charge is 0.477 e. The summed E-state index contributed by atoms with van der Waals surface area (Å²) in [7, 11) is 5.94. The smallest absolute Gasteiger partial charge is 0.361 e. The quantitative estimate of drug-likeness (QED) is 0.0211. The lowest BCUT2D eigenvalue weighted by atomic mass is 10.1. The van der Waals surface area contributed by atoms with Gasteiger partial charge in [0.15, 0.2) is 6.10 Å². The third-order valence-electron chi connectivity index (χ3n) is 11.8. The highest BCUT2D eigenvalue weighted by Crippen LogP contribution is 2.12. The van der Waals surface area contributed by atoms with E-state index in [1.807, 2.05) is 21.1 Å². The topological polar surface area (TPSA) is 108 Å².